The normalized spacial score (nSPS) is 21.3. The monoisotopic (exact) mass is 272 g/mol. The number of rotatable bonds is 3. The molecule has 1 aliphatic heterocycles. The quantitative estimate of drug-likeness (QED) is 0.841. The van der Waals surface area contributed by atoms with E-state index in [0.717, 1.165) is 0 Å². The van der Waals surface area contributed by atoms with Crippen molar-refractivity contribution in [3.63, 3.8) is 0 Å². The van der Waals surface area contributed by atoms with Crippen molar-refractivity contribution in [3.8, 4) is 0 Å². The molecule has 0 bridgehead atoms. The lowest BCUT2D eigenvalue weighted by Gasteiger charge is -2.40. The van der Waals surface area contributed by atoms with Gasteiger partial charge in [-0.25, -0.2) is 4.79 Å². The topological polar surface area (TPSA) is 70.1 Å². The minimum atomic E-state index is -0.790. The Hall–Kier alpha value is -1.30. The van der Waals surface area contributed by atoms with E-state index in [1.807, 2.05) is 27.7 Å². The van der Waals surface area contributed by atoms with Gasteiger partial charge in [-0.2, -0.15) is 0 Å². The van der Waals surface area contributed by atoms with Crippen molar-refractivity contribution in [1.29, 1.82) is 0 Å². The maximum atomic E-state index is 12.0. The van der Waals surface area contributed by atoms with Gasteiger partial charge in [-0.3, -0.25) is 9.69 Å². The molecule has 0 aromatic carbocycles. The first-order valence-corrected chi connectivity index (χ1v) is 6.63. The molecule has 0 radical (unpaired) electrons. The zero-order valence-corrected chi connectivity index (χ0v) is 12.2. The number of hydrogen-bond acceptors (Lipinski definition) is 4. The SMILES string of the molecule is C[C@@H]1CN(CCC(=O)O)CCN1C(=O)OC(C)(C)C. The molecule has 0 aliphatic carbocycles. The van der Waals surface area contributed by atoms with Gasteiger partial charge in [0.2, 0.25) is 0 Å². The van der Waals surface area contributed by atoms with Crippen molar-refractivity contribution in [1.82, 2.24) is 9.80 Å². The minimum Gasteiger partial charge on any atom is -0.481 e. The molecule has 0 unspecified atom stereocenters. The second-order valence-electron chi connectivity index (χ2n) is 5.97. The molecule has 1 saturated heterocycles. The summed E-state index contributed by atoms with van der Waals surface area (Å²) >= 11 is 0. The Labute approximate surface area is 114 Å². The highest BCUT2D eigenvalue weighted by Crippen LogP contribution is 2.15. The number of nitrogens with zero attached hydrogens (tertiary/aromatic N) is 2. The Morgan fingerprint density at radius 2 is 1.95 bits per heavy atom. The van der Waals surface area contributed by atoms with Crippen LogP contribution in [0, 0.1) is 0 Å². The van der Waals surface area contributed by atoms with Gasteiger partial charge in [-0.15, -0.1) is 0 Å². The molecule has 0 spiro atoms. The van der Waals surface area contributed by atoms with Crippen molar-refractivity contribution in [3.05, 3.63) is 0 Å². The van der Waals surface area contributed by atoms with Crippen molar-refractivity contribution < 1.29 is 19.4 Å². The average molecular weight is 272 g/mol. The van der Waals surface area contributed by atoms with Gasteiger partial charge in [0.25, 0.3) is 0 Å². The van der Waals surface area contributed by atoms with Crippen molar-refractivity contribution in [2.24, 2.45) is 0 Å². The van der Waals surface area contributed by atoms with Crippen molar-refractivity contribution in [2.75, 3.05) is 26.2 Å². The fourth-order valence-corrected chi connectivity index (χ4v) is 2.08. The number of carbonyl (C=O) groups is 2. The number of amides is 1. The van der Waals surface area contributed by atoms with Gasteiger partial charge in [0.1, 0.15) is 5.60 Å². The standard InChI is InChI=1S/C13H24N2O4/c1-10-9-14(6-5-11(16)17)7-8-15(10)12(18)19-13(2,3)4/h10H,5-9H2,1-4H3,(H,16,17)/t10-/m1/s1. The minimum absolute atomic E-state index is 0.0393. The predicted octanol–water partition coefficient (Wildman–Crippen LogP) is 1.40. The second kappa shape index (κ2) is 6.23. The van der Waals surface area contributed by atoms with E-state index in [2.05, 4.69) is 4.90 Å². The molecule has 1 atom stereocenters. The fraction of sp³-hybridized carbons (Fsp3) is 0.846. The maximum absolute atomic E-state index is 12.0. The third-order valence-corrected chi connectivity index (χ3v) is 2.98. The summed E-state index contributed by atoms with van der Waals surface area (Å²) < 4.78 is 5.36. The average Bonchev–Trinajstić information content (AvgIpc) is 2.23. The second-order valence-corrected chi connectivity index (χ2v) is 5.97. The molecule has 1 N–H and O–H groups in total. The van der Waals surface area contributed by atoms with Gasteiger partial charge in [-0.1, -0.05) is 0 Å². The van der Waals surface area contributed by atoms with Crippen LogP contribution in [0.15, 0.2) is 0 Å². The van der Waals surface area contributed by atoms with Crippen LogP contribution >= 0.6 is 0 Å². The van der Waals surface area contributed by atoms with Gasteiger partial charge >= 0.3 is 12.1 Å². The molecular weight excluding hydrogens is 248 g/mol. The van der Waals surface area contributed by atoms with Crippen LogP contribution in [0.1, 0.15) is 34.1 Å². The Morgan fingerprint density at radius 1 is 1.32 bits per heavy atom. The highest BCUT2D eigenvalue weighted by Gasteiger charge is 2.30. The number of hydrogen-bond donors (Lipinski definition) is 1. The van der Waals surface area contributed by atoms with E-state index in [0.29, 0.717) is 26.2 Å². The van der Waals surface area contributed by atoms with Crippen LogP contribution in [0.25, 0.3) is 0 Å². The van der Waals surface area contributed by atoms with Gasteiger partial charge in [0.15, 0.2) is 0 Å². The molecule has 1 heterocycles. The number of carboxylic acids is 1. The van der Waals surface area contributed by atoms with Crippen LogP contribution in [0.4, 0.5) is 4.79 Å². The molecule has 1 amide bonds. The van der Waals surface area contributed by atoms with Crippen molar-refractivity contribution in [2.45, 2.75) is 45.8 Å². The molecular formula is C13H24N2O4. The molecule has 0 saturated carbocycles. The molecule has 1 aliphatic rings. The highest BCUT2D eigenvalue weighted by molar-refractivity contribution is 5.69. The lowest BCUT2D eigenvalue weighted by atomic mass is 10.2. The number of carbonyl (C=O) groups excluding carboxylic acids is 1. The summed E-state index contributed by atoms with van der Waals surface area (Å²) in [5, 5.41) is 8.67. The molecule has 19 heavy (non-hydrogen) atoms. The summed E-state index contributed by atoms with van der Waals surface area (Å²) in [6.07, 6.45) is -0.156. The number of piperazine rings is 1. The van der Waals surface area contributed by atoms with Crippen LogP contribution in [-0.2, 0) is 9.53 Å². The first kappa shape index (κ1) is 15.8. The van der Waals surface area contributed by atoms with Crippen LogP contribution < -0.4 is 0 Å². The number of aliphatic carboxylic acids is 1. The number of ether oxygens (including phenoxy) is 1. The Morgan fingerprint density at radius 3 is 2.42 bits per heavy atom. The van der Waals surface area contributed by atoms with Gasteiger partial charge in [-0.05, 0) is 27.7 Å². The summed E-state index contributed by atoms with van der Waals surface area (Å²) in [5.41, 5.74) is -0.489. The molecule has 0 aromatic heterocycles. The van der Waals surface area contributed by atoms with E-state index in [1.165, 1.54) is 0 Å². The largest absolute Gasteiger partial charge is 0.481 e. The first-order valence-electron chi connectivity index (χ1n) is 6.63. The van der Waals surface area contributed by atoms with Crippen LogP contribution in [0.5, 0.6) is 0 Å². The van der Waals surface area contributed by atoms with Gasteiger partial charge in [0.05, 0.1) is 6.42 Å². The molecule has 1 rings (SSSR count). The molecule has 6 heteroatoms. The summed E-state index contributed by atoms with van der Waals surface area (Å²) in [6, 6.07) is 0.0393. The smallest absolute Gasteiger partial charge is 0.410 e. The number of carboxylic acid groups (broad SMARTS) is 1. The Bertz CT molecular complexity index is 338. The van der Waals surface area contributed by atoms with E-state index < -0.39 is 11.6 Å². The lowest BCUT2D eigenvalue weighted by molar-refractivity contribution is -0.137. The Kier molecular flexibility index (Phi) is 5.17. The van der Waals surface area contributed by atoms with Gasteiger partial charge in [0, 0.05) is 32.2 Å². The zero-order valence-electron chi connectivity index (χ0n) is 12.2. The van der Waals surface area contributed by atoms with E-state index in [4.69, 9.17) is 9.84 Å². The predicted molar refractivity (Wildman–Crippen MR) is 71.1 cm³/mol. The summed E-state index contributed by atoms with van der Waals surface area (Å²) in [6.45, 7) is 9.98. The van der Waals surface area contributed by atoms with Crippen LogP contribution in [0.2, 0.25) is 0 Å². The lowest BCUT2D eigenvalue weighted by Crippen LogP contribution is -2.55. The molecule has 1 fully saturated rings. The Balaban J connectivity index is 2.45. The van der Waals surface area contributed by atoms with E-state index in [-0.39, 0.29) is 18.6 Å². The highest BCUT2D eigenvalue weighted by atomic mass is 16.6. The van der Waals surface area contributed by atoms with Crippen LogP contribution in [-0.4, -0.2) is 64.8 Å². The summed E-state index contributed by atoms with van der Waals surface area (Å²) in [7, 11) is 0. The zero-order chi connectivity index (χ0) is 14.6. The van der Waals surface area contributed by atoms with E-state index in [1.54, 1.807) is 4.90 Å². The molecule has 6 nitrogen and oxygen atoms in total. The fourth-order valence-electron chi connectivity index (χ4n) is 2.08. The molecule has 0 aromatic rings. The van der Waals surface area contributed by atoms with Crippen LogP contribution in [0.3, 0.4) is 0 Å². The maximum Gasteiger partial charge on any atom is 0.410 e. The van der Waals surface area contributed by atoms with E-state index in [9.17, 15) is 9.59 Å². The summed E-state index contributed by atoms with van der Waals surface area (Å²) in [5.74, 6) is -0.790. The third kappa shape index (κ3) is 5.46. The van der Waals surface area contributed by atoms with Crippen molar-refractivity contribution >= 4 is 12.1 Å². The first-order chi connectivity index (χ1) is 8.69. The molecule has 110 valence electrons. The summed E-state index contributed by atoms with van der Waals surface area (Å²) in [4.78, 5) is 26.3. The van der Waals surface area contributed by atoms with E-state index >= 15 is 0 Å². The third-order valence-electron chi connectivity index (χ3n) is 2.98. The van der Waals surface area contributed by atoms with Gasteiger partial charge < -0.3 is 14.7 Å².